The summed E-state index contributed by atoms with van der Waals surface area (Å²) in [6, 6.07) is 9.98. The van der Waals surface area contributed by atoms with Gasteiger partial charge >= 0.3 is 0 Å². The van der Waals surface area contributed by atoms with Gasteiger partial charge in [-0.05, 0) is 25.0 Å². The molecule has 0 amide bonds. The Kier molecular flexibility index (Phi) is 4.24. The molecule has 0 bridgehead atoms. The average Bonchev–Trinajstić information content (AvgIpc) is 2.14. The maximum atomic E-state index is 8.52. The molecule has 65 valence electrons. The van der Waals surface area contributed by atoms with E-state index in [2.05, 4.69) is 5.32 Å². The third-order valence-electron chi connectivity index (χ3n) is 1.55. The van der Waals surface area contributed by atoms with Crippen molar-refractivity contribution in [2.75, 3.05) is 11.9 Å². The van der Waals surface area contributed by atoms with Crippen LogP contribution in [0.3, 0.4) is 0 Å². The van der Waals surface area contributed by atoms with E-state index in [1.807, 2.05) is 36.9 Å². The number of aliphatic hydroxyl groups excluding tert-OH is 1. The average molecular weight is 164 g/mol. The number of nitrogens with one attached hydrogen (secondary N) is 1. The van der Waals surface area contributed by atoms with Crippen molar-refractivity contribution in [2.45, 2.75) is 12.8 Å². The van der Waals surface area contributed by atoms with Gasteiger partial charge in [-0.3, -0.25) is 0 Å². The first kappa shape index (κ1) is 9.07. The first-order valence-electron chi connectivity index (χ1n) is 4.17. The molecule has 12 heavy (non-hydrogen) atoms. The van der Waals surface area contributed by atoms with E-state index in [1.165, 1.54) is 0 Å². The molecule has 0 aliphatic heterocycles. The summed E-state index contributed by atoms with van der Waals surface area (Å²) in [7, 11) is 0. The van der Waals surface area contributed by atoms with Crippen LogP contribution in [0.15, 0.2) is 30.3 Å². The van der Waals surface area contributed by atoms with Crippen molar-refractivity contribution in [1.82, 2.24) is 0 Å². The van der Waals surface area contributed by atoms with Gasteiger partial charge in [-0.15, -0.1) is 0 Å². The molecule has 0 saturated heterocycles. The van der Waals surface area contributed by atoms with Crippen molar-refractivity contribution in [3.05, 3.63) is 36.9 Å². The van der Waals surface area contributed by atoms with Crippen molar-refractivity contribution in [1.29, 1.82) is 0 Å². The predicted molar refractivity (Wildman–Crippen MR) is 50.7 cm³/mol. The molecule has 0 aromatic heterocycles. The molecule has 0 aliphatic rings. The number of anilines is 1. The van der Waals surface area contributed by atoms with E-state index in [1.54, 1.807) is 0 Å². The molecule has 1 rings (SSSR count). The van der Waals surface area contributed by atoms with E-state index in [0.717, 1.165) is 18.5 Å². The summed E-state index contributed by atoms with van der Waals surface area (Å²) in [4.78, 5) is 0. The highest BCUT2D eigenvalue weighted by atomic mass is 16.2. The lowest BCUT2D eigenvalue weighted by Crippen LogP contribution is -1.95. The van der Waals surface area contributed by atoms with Gasteiger partial charge in [-0.2, -0.15) is 0 Å². The Hall–Kier alpha value is -1.02. The molecule has 2 nitrogen and oxygen atoms in total. The van der Waals surface area contributed by atoms with Crippen molar-refractivity contribution < 1.29 is 5.11 Å². The van der Waals surface area contributed by atoms with Crippen LogP contribution in [0.25, 0.3) is 0 Å². The standard InChI is InChI=1S/C10H14NO/c12-9-5-4-8-11-10-6-2-1-3-7-10/h1-3,6-8,11-12H,4-5,9H2. The first-order valence-corrected chi connectivity index (χ1v) is 4.17. The van der Waals surface area contributed by atoms with E-state index in [9.17, 15) is 0 Å². The maximum Gasteiger partial charge on any atom is 0.0463 e. The highest BCUT2D eigenvalue weighted by molar-refractivity contribution is 5.43. The lowest BCUT2D eigenvalue weighted by molar-refractivity contribution is 0.288. The number of para-hydroxylation sites is 1. The number of hydrogen-bond donors (Lipinski definition) is 2. The molecule has 0 spiro atoms. The van der Waals surface area contributed by atoms with Crippen LogP contribution in [0.2, 0.25) is 0 Å². The highest BCUT2D eigenvalue weighted by Crippen LogP contribution is 2.06. The molecule has 0 aliphatic carbocycles. The second-order valence-electron chi connectivity index (χ2n) is 2.58. The molecule has 2 N–H and O–H groups in total. The summed E-state index contributed by atoms with van der Waals surface area (Å²) in [5, 5.41) is 11.7. The molecule has 0 heterocycles. The summed E-state index contributed by atoms with van der Waals surface area (Å²) in [6.45, 7) is 2.22. The molecule has 1 aromatic rings. The molecule has 0 unspecified atom stereocenters. The van der Waals surface area contributed by atoms with E-state index < -0.39 is 0 Å². The Morgan fingerprint density at radius 2 is 2.00 bits per heavy atom. The van der Waals surface area contributed by atoms with Crippen molar-refractivity contribution >= 4 is 5.69 Å². The Balaban J connectivity index is 2.16. The number of hydrogen-bond acceptors (Lipinski definition) is 2. The minimum atomic E-state index is 0.257. The molecule has 0 atom stereocenters. The Labute approximate surface area is 73.2 Å². The third kappa shape index (κ3) is 3.39. The van der Waals surface area contributed by atoms with Crippen LogP contribution < -0.4 is 5.32 Å². The first-order chi connectivity index (χ1) is 5.93. The zero-order chi connectivity index (χ0) is 8.65. The summed E-state index contributed by atoms with van der Waals surface area (Å²) in [5.74, 6) is 0. The highest BCUT2D eigenvalue weighted by Gasteiger charge is 1.88. The second-order valence-corrected chi connectivity index (χ2v) is 2.58. The van der Waals surface area contributed by atoms with Gasteiger partial charge < -0.3 is 10.4 Å². The molecule has 2 heteroatoms. The van der Waals surface area contributed by atoms with Crippen LogP contribution in [0.4, 0.5) is 5.69 Å². The van der Waals surface area contributed by atoms with Crippen LogP contribution in [0.1, 0.15) is 12.8 Å². The van der Waals surface area contributed by atoms with Crippen molar-refractivity contribution in [3.63, 3.8) is 0 Å². The van der Waals surface area contributed by atoms with Gasteiger partial charge in [-0.1, -0.05) is 18.2 Å². The third-order valence-corrected chi connectivity index (χ3v) is 1.55. The van der Waals surface area contributed by atoms with Crippen LogP contribution in [-0.4, -0.2) is 11.7 Å². The summed E-state index contributed by atoms with van der Waals surface area (Å²) in [6.07, 6.45) is 1.71. The van der Waals surface area contributed by atoms with Crippen LogP contribution in [-0.2, 0) is 0 Å². The van der Waals surface area contributed by atoms with Gasteiger partial charge in [0.05, 0.1) is 0 Å². The molecule has 0 saturated carbocycles. The van der Waals surface area contributed by atoms with Gasteiger partial charge in [0.25, 0.3) is 0 Å². The Bertz CT molecular complexity index is 198. The predicted octanol–water partition coefficient (Wildman–Crippen LogP) is 2.03. The quantitative estimate of drug-likeness (QED) is 0.653. The molecular weight excluding hydrogens is 150 g/mol. The number of rotatable bonds is 5. The topological polar surface area (TPSA) is 32.3 Å². The summed E-state index contributed by atoms with van der Waals surface area (Å²) < 4.78 is 0. The fraction of sp³-hybridized carbons (Fsp3) is 0.300. The second kappa shape index (κ2) is 5.61. The normalized spacial score (nSPS) is 9.75. The van der Waals surface area contributed by atoms with Crippen molar-refractivity contribution in [3.8, 4) is 0 Å². The minimum absolute atomic E-state index is 0.257. The monoisotopic (exact) mass is 164 g/mol. The maximum absolute atomic E-state index is 8.52. The zero-order valence-electron chi connectivity index (χ0n) is 7.03. The van der Waals surface area contributed by atoms with E-state index in [-0.39, 0.29) is 6.61 Å². The SMILES string of the molecule is OCCC[CH]Nc1ccccc1. The van der Waals surface area contributed by atoms with Gasteiger partial charge in [0.2, 0.25) is 0 Å². The lowest BCUT2D eigenvalue weighted by Gasteiger charge is -2.03. The molecule has 1 aromatic carbocycles. The smallest absolute Gasteiger partial charge is 0.0463 e. The number of unbranched alkanes of at least 4 members (excludes halogenated alkanes) is 1. The largest absolute Gasteiger partial charge is 0.396 e. The minimum Gasteiger partial charge on any atom is -0.396 e. The van der Waals surface area contributed by atoms with Crippen molar-refractivity contribution in [2.24, 2.45) is 0 Å². The molecule has 1 radical (unpaired) electrons. The fourth-order valence-corrected chi connectivity index (χ4v) is 0.918. The zero-order valence-corrected chi connectivity index (χ0v) is 7.03. The fourth-order valence-electron chi connectivity index (χ4n) is 0.918. The molecule has 0 fully saturated rings. The van der Waals surface area contributed by atoms with E-state index >= 15 is 0 Å². The Morgan fingerprint density at radius 1 is 1.25 bits per heavy atom. The number of benzene rings is 1. The van der Waals surface area contributed by atoms with Gasteiger partial charge in [0.15, 0.2) is 0 Å². The van der Waals surface area contributed by atoms with E-state index in [0.29, 0.717) is 0 Å². The van der Waals surface area contributed by atoms with Crippen LogP contribution in [0.5, 0.6) is 0 Å². The van der Waals surface area contributed by atoms with Crippen LogP contribution in [0, 0.1) is 6.54 Å². The summed E-state index contributed by atoms with van der Waals surface area (Å²) >= 11 is 0. The Morgan fingerprint density at radius 3 is 2.67 bits per heavy atom. The van der Waals surface area contributed by atoms with Gasteiger partial charge in [0.1, 0.15) is 0 Å². The van der Waals surface area contributed by atoms with E-state index in [4.69, 9.17) is 5.11 Å². The van der Waals surface area contributed by atoms with Crippen LogP contribution >= 0.6 is 0 Å². The molecular formula is C10H14NO. The summed E-state index contributed by atoms with van der Waals surface area (Å²) in [5.41, 5.74) is 1.09. The van der Waals surface area contributed by atoms with Gasteiger partial charge in [0, 0.05) is 18.8 Å². The van der Waals surface area contributed by atoms with Gasteiger partial charge in [-0.25, -0.2) is 0 Å². The lowest BCUT2D eigenvalue weighted by atomic mass is 10.3. The number of aliphatic hydroxyl groups is 1.